The van der Waals surface area contributed by atoms with E-state index in [2.05, 4.69) is 19.8 Å². The summed E-state index contributed by atoms with van der Waals surface area (Å²) in [6, 6.07) is 5.47. The summed E-state index contributed by atoms with van der Waals surface area (Å²) in [7, 11) is 1.55. The van der Waals surface area contributed by atoms with E-state index >= 15 is 0 Å². The number of methoxy groups -OCH3 is 1. The fourth-order valence-corrected chi connectivity index (χ4v) is 3.09. The maximum Gasteiger partial charge on any atom is 0.416 e. The highest BCUT2D eigenvalue weighted by molar-refractivity contribution is 5.38. The lowest BCUT2D eigenvalue weighted by Crippen LogP contribution is -2.47. The minimum Gasteiger partial charge on any atom is -0.480 e. The fourth-order valence-electron chi connectivity index (χ4n) is 3.09. The molecule has 140 valence electrons. The van der Waals surface area contributed by atoms with E-state index < -0.39 is 11.7 Å². The molecule has 26 heavy (non-hydrogen) atoms. The number of aromatic nitrogens is 2. The molecular formula is C18H21F3N4O. The minimum atomic E-state index is -4.30. The van der Waals surface area contributed by atoms with Crippen LogP contribution in [0, 0.1) is 0 Å². The summed E-state index contributed by atoms with van der Waals surface area (Å²) in [5.41, 5.74) is 0.266. The third-order valence-corrected chi connectivity index (χ3v) is 4.72. The van der Waals surface area contributed by atoms with Gasteiger partial charge in [-0.3, -0.25) is 9.88 Å². The predicted octanol–water partition coefficient (Wildman–Crippen LogP) is 3.39. The molecule has 1 atom stereocenters. The van der Waals surface area contributed by atoms with Crippen LogP contribution < -0.4 is 9.64 Å². The van der Waals surface area contributed by atoms with Crippen LogP contribution in [-0.2, 0) is 6.18 Å². The van der Waals surface area contributed by atoms with Gasteiger partial charge in [-0.1, -0.05) is 12.1 Å². The van der Waals surface area contributed by atoms with Gasteiger partial charge in [0.2, 0.25) is 5.88 Å². The van der Waals surface area contributed by atoms with Crippen LogP contribution in [0.4, 0.5) is 19.0 Å². The van der Waals surface area contributed by atoms with E-state index in [1.54, 1.807) is 31.6 Å². The van der Waals surface area contributed by atoms with Crippen LogP contribution in [0.15, 0.2) is 36.7 Å². The average Bonchev–Trinajstić information content (AvgIpc) is 2.67. The van der Waals surface area contributed by atoms with Gasteiger partial charge in [0, 0.05) is 32.2 Å². The molecule has 0 spiro atoms. The van der Waals surface area contributed by atoms with E-state index in [1.807, 2.05) is 6.92 Å². The number of alkyl halides is 3. The number of nitrogens with zero attached hydrogens (tertiary/aromatic N) is 4. The van der Waals surface area contributed by atoms with Crippen molar-refractivity contribution in [1.82, 2.24) is 14.9 Å². The van der Waals surface area contributed by atoms with Gasteiger partial charge >= 0.3 is 6.18 Å². The van der Waals surface area contributed by atoms with E-state index in [4.69, 9.17) is 4.74 Å². The molecule has 1 aliphatic heterocycles. The van der Waals surface area contributed by atoms with Gasteiger partial charge in [-0.2, -0.15) is 18.2 Å². The molecule has 1 fully saturated rings. The molecule has 2 aromatic rings. The summed E-state index contributed by atoms with van der Waals surface area (Å²) in [6.07, 6.45) is -1.03. The largest absolute Gasteiger partial charge is 0.480 e. The van der Waals surface area contributed by atoms with Crippen molar-refractivity contribution in [2.75, 3.05) is 38.2 Å². The Bertz CT molecular complexity index is 728. The van der Waals surface area contributed by atoms with Crippen LogP contribution in [0.2, 0.25) is 0 Å². The molecule has 2 heterocycles. The highest BCUT2D eigenvalue weighted by Gasteiger charge is 2.30. The van der Waals surface area contributed by atoms with E-state index in [1.165, 1.54) is 0 Å². The first-order valence-corrected chi connectivity index (χ1v) is 8.40. The third kappa shape index (κ3) is 4.07. The molecule has 0 bridgehead atoms. The number of benzene rings is 1. The first kappa shape index (κ1) is 18.4. The molecule has 1 unspecified atom stereocenters. The topological polar surface area (TPSA) is 41.5 Å². The van der Waals surface area contributed by atoms with Gasteiger partial charge in [0.05, 0.1) is 25.1 Å². The molecule has 8 heteroatoms. The summed E-state index contributed by atoms with van der Waals surface area (Å²) in [5, 5.41) is 0. The zero-order chi connectivity index (χ0) is 18.7. The summed E-state index contributed by atoms with van der Waals surface area (Å²) in [5.74, 6) is 1.24. The highest BCUT2D eigenvalue weighted by Crippen LogP contribution is 2.31. The van der Waals surface area contributed by atoms with E-state index in [9.17, 15) is 13.2 Å². The van der Waals surface area contributed by atoms with Crippen molar-refractivity contribution < 1.29 is 17.9 Å². The normalized spacial score (nSPS) is 17.2. The molecule has 0 radical (unpaired) electrons. The number of hydrogen-bond donors (Lipinski definition) is 0. The number of anilines is 1. The van der Waals surface area contributed by atoms with Gasteiger partial charge in [0.25, 0.3) is 0 Å². The molecule has 0 amide bonds. The molecule has 1 saturated heterocycles. The zero-order valence-electron chi connectivity index (χ0n) is 14.7. The number of halogens is 3. The summed E-state index contributed by atoms with van der Waals surface area (Å²) < 4.78 is 43.2. The maximum atomic E-state index is 12.7. The molecule has 0 N–H and O–H groups in total. The summed E-state index contributed by atoms with van der Waals surface area (Å²) >= 11 is 0. The number of hydrogen-bond acceptors (Lipinski definition) is 5. The van der Waals surface area contributed by atoms with Crippen molar-refractivity contribution in [3.8, 4) is 5.88 Å². The standard InChI is InChI=1S/C18H21F3N4O/c1-13(14-3-5-15(6-4-14)18(19,20)21)24-7-9-25(10-8-24)16-11-22-12-17(23-16)26-2/h3-6,11-13H,7-10H2,1-2H3. The first-order chi connectivity index (χ1) is 12.4. The van der Waals surface area contributed by atoms with Gasteiger partial charge in [-0.25, -0.2) is 0 Å². The minimum absolute atomic E-state index is 0.0517. The van der Waals surface area contributed by atoms with Crippen LogP contribution in [0.1, 0.15) is 24.1 Å². The van der Waals surface area contributed by atoms with Crippen LogP contribution in [-0.4, -0.2) is 48.2 Å². The Balaban J connectivity index is 1.62. The summed E-state index contributed by atoms with van der Waals surface area (Å²) in [4.78, 5) is 12.9. The second-order valence-electron chi connectivity index (χ2n) is 6.24. The van der Waals surface area contributed by atoms with Gasteiger partial charge in [0.15, 0.2) is 5.82 Å². The van der Waals surface area contributed by atoms with Gasteiger partial charge < -0.3 is 9.64 Å². The van der Waals surface area contributed by atoms with Crippen molar-refractivity contribution >= 4 is 5.82 Å². The van der Waals surface area contributed by atoms with Gasteiger partial charge in [0.1, 0.15) is 0 Å². The first-order valence-electron chi connectivity index (χ1n) is 8.40. The van der Waals surface area contributed by atoms with Crippen molar-refractivity contribution in [3.63, 3.8) is 0 Å². The Morgan fingerprint density at radius 2 is 1.69 bits per heavy atom. The van der Waals surface area contributed by atoms with E-state index in [0.717, 1.165) is 49.7 Å². The zero-order valence-corrected chi connectivity index (χ0v) is 14.7. The van der Waals surface area contributed by atoms with Gasteiger partial charge in [-0.15, -0.1) is 0 Å². The molecule has 3 rings (SSSR count). The van der Waals surface area contributed by atoms with Crippen molar-refractivity contribution in [2.45, 2.75) is 19.1 Å². The SMILES string of the molecule is COc1cncc(N2CCN(C(C)c3ccc(C(F)(F)F)cc3)CC2)n1. The van der Waals surface area contributed by atoms with E-state index in [-0.39, 0.29) is 6.04 Å². The Hall–Kier alpha value is -2.35. The monoisotopic (exact) mass is 366 g/mol. The fraction of sp³-hybridized carbons (Fsp3) is 0.444. The Kier molecular flexibility index (Phi) is 5.31. The van der Waals surface area contributed by atoms with E-state index in [0.29, 0.717) is 5.88 Å². The smallest absolute Gasteiger partial charge is 0.416 e. The molecule has 5 nitrogen and oxygen atoms in total. The molecule has 1 aliphatic rings. The van der Waals surface area contributed by atoms with Crippen molar-refractivity contribution in [1.29, 1.82) is 0 Å². The third-order valence-electron chi connectivity index (χ3n) is 4.72. The number of rotatable bonds is 4. The molecule has 0 saturated carbocycles. The van der Waals surface area contributed by atoms with Crippen molar-refractivity contribution in [2.24, 2.45) is 0 Å². The maximum absolute atomic E-state index is 12.7. The van der Waals surface area contributed by atoms with Crippen LogP contribution in [0.5, 0.6) is 5.88 Å². The van der Waals surface area contributed by atoms with Gasteiger partial charge in [-0.05, 0) is 24.6 Å². The van der Waals surface area contributed by atoms with Crippen molar-refractivity contribution in [3.05, 3.63) is 47.8 Å². The quantitative estimate of drug-likeness (QED) is 0.830. The Morgan fingerprint density at radius 3 is 2.27 bits per heavy atom. The lowest BCUT2D eigenvalue weighted by Gasteiger charge is -2.38. The second kappa shape index (κ2) is 7.49. The predicted molar refractivity (Wildman–Crippen MR) is 92.2 cm³/mol. The van der Waals surface area contributed by atoms with Crippen LogP contribution in [0.25, 0.3) is 0 Å². The Labute approximate surface area is 150 Å². The second-order valence-corrected chi connectivity index (χ2v) is 6.24. The average molecular weight is 366 g/mol. The lowest BCUT2D eigenvalue weighted by atomic mass is 10.0. The molecule has 1 aromatic heterocycles. The summed E-state index contributed by atoms with van der Waals surface area (Å²) in [6.45, 7) is 5.14. The van der Waals surface area contributed by atoms with Crippen LogP contribution in [0.3, 0.4) is 0 Å². The molecule has 1 aromatic carbocycles. The number of piperazine rings is 1. The number of ether oxygens (including phenoxy) is 1. The Morgan fingerprint density at radius 1 is 1.04 bits per heavy atom. The molecule has 0 aliphatic carbocycles. The molecular weight excluding hydrogens is 345 g/mol. The highest BCUT2D eigenvalue weighted by atomic mass is 19.4. The lowest BCUT2D eigenvalue weighted by molar-refractivity contribution is -0.137. The van der Waals surface area contributed by atoms with Crippen LogP contribution >= 0.6 is 0 Å².